The number of aromatic nitrogens is 4. The molecule has 186 valence electrons. The van der Waals surface area contributed by atoms with E-state index in [4.69, 9.17) is 0 Å². The molecule has 6 aromatic rings. The number of hydrogen-bond donors (Lipinski definition) is 2. The molecule has 0 aliphatic rings. The molecule has 0 amide bonds. The largest absolute Gasteiger partial charge is 0.507 e. The van der Waals surface area contributed by atoms with E-state index < -0.39 is 0 Å². The van der Waals surface area contributed by atoms with Gasteiger partial charge in [0.1, 0.15) is 11.5 Å². The summed E-state index contributed by atoms with van der Waals surface area (Å²) in [7, 11) is 0. The molecule has 0 radical (unpaired) electrons. The first kappa shape index (κ1) is 25.7. The van der Waals surface area contributed by atoms with Crippen LogP contribution in [0.15, 0.2) is 134 Å². The zero-order valence-electron chi connectivity index (χ0n) is 19.7. The van der Waals surface area contributed by atoms with Gasteiger partial charge in [0.25, 0.3) is 0 Å². The van der Waals surface area contributed by atoms with E-state index in [1.165, 1.54) is 0 Å². The number of para-hydroxylation sites is 4. The summed E-state index contributed by atoms with van der Waals surface area (Å²) in [6.45, 7) is 0. The number of nitrogens with zero attached hydrogens (tertiary/aromatic N) is 4. The third kappa shape index (κ3) is 6.05. The monoisotopic (exact) mass is 667 g/mol. The van der Waals surface area contributed by atoms with Crippen LogP contribution in [0, 0.1) is 0 Å². The van der Waals surface area contributed by atoms with Crippen LogP contribution in [0.3, 0.4) is 0 Å². The molecule has 2 heterocycles. The molecule has 2 aromatic heterocycles. The Bertz CT molecular complexity index is 1440. The number of aromatic hydroxyl groups is 2. The number of phenols is 2. The second-order valence-electron chi connectivity index (χ2n) is 8.04. The summed E-state index contributed by atoms with van der Waals surface area (Å²) in [6.07, 6.45) is 7.31. The fourth-order valence-electron chi connectivity index (χ4n) is 3.79. The fourth-order valence-corrected chi connectivity index (χ4v) is 3.79. The predicted octanol–water partition coefficient (Wildman–Crippen LogP) is 6.49. The Morgan fingerprint density at radius 2 is 0.811 bits per heavy atom. The van der Waals surface area contributed by atoms with Crippen molar-refractivity contribution < 1.29 is 31.3 Å². The minimum atomic E-state index is 0. The summed E-state index contributed by atoms with van der Waals surface area (Å²) in [5.74, 6) is 0.492. The Kier molecular flexibility index (Phi) is 8.34. The Balaban J connectivity index is 0.000000168. The van der Waals surface area contributed by atoms with Gasteiger partial charge >= 0.3 is 0 Å². The molecule has 2 N–H and O–H groups in total. The standard InChI is InChI=1S/2C15H12N2O.Pt/c2*18-15-9-5-4-8-13(15)14-10-17(11-16-14)12-6-2-1-3-7-12;/h2*1-11,18H;. The Morgan fingerprint density at radius 3 is 1.19 bits per heavy atom. The molecule has 0 unspecified atom stereocenters. The van der Waals surface area contributed by atoms with Crippen LogP contribution in [0.25, 0.3) is 33.9 Å². The van der Waals surface area contributed by atoms with E-state index in [1.54, 1.807) is 36.9 Å². The van der Waals surface area contributed by atoms with Crippen molar-refractivity contribution in [2.24, 2.45) is 0 Å². The van der Waals surface area contributed by atoms with Crippen molar-refractivity contribution in [2.45, 2.75) is 0 Å². The second kappa shape index (κ2) is 12.0. The van der Waals surface area contributed by atoms with E-state index in [0.717, 1.165) is 33.9 Å². The normalized spacial score (nSPS) is 10.2. The third-order valence-electron chi connectivity index (χ3n) is 5.63. The van der Waals surface area contributed by atoms with Gasteiger partial charge in [0.2, 0.25) is 0 Å². The maximum atomic E-state index is 9.79. The average Bonchev–Trinajstić information content (AvgIpc) is 3.62. The number of hydrogen-bond acceptors (Lipinski definition) is 4. The molecule has 6 nitrogen and oxygen atoms in total. The first-order chi connectivity index (χ1) is 17.7. The summed E-state index contributed by atoms with van der Waals surface area (Å²) in [6, 6.07) is 34.3. The van der Waals surface area contributed by atoms with Crippen molar-refractivity contribution in [3.8, 4) is 45.4 Å². The predicted molar refractivity (Wildman–Crippen MR) is 141 cm³/mol. The van der Waals surface area contributed by atoms with Crippen molar-refractivity contribution in [1.29, 1.82) is 0 Å². The van der Waals surface area contributed by atoms with Crippen molar-refractivity contribution in [1.82, 2.24) is 19.1 Å². The fraction of sp³-hybridized carbons (Fsp3) is 0. The smallest absolute Gasteiger partial charge is 0.125 e. The summed E-state index contributed by atoms with van der Waals surface area (Å²) < 4.78 is 3.86. The van der Waals surface area contributed by atoms with Crippen molar-refractivity contribution in [2.75, 3.05) is 0 Å². The molecule has 0 bridgehead atoms. The van der Waals surface area contributed by atoms with E-state index in [9.17, 15) is 10.2 Å². The maximum absolute atomic E-state index is 9.79. The van der Waals surface area contributed by atoms with Crippen LogP contribution in [0.5, 0.6) is 11.5 Å². The first-order valence-corrected chi connectivity index (χ1v) is 11.4. The van der Waals surface area contributed by atoms with Gasteiger partial charge in [-0.25, -0.2) is 9.97 Å². The van der Waals surface area contributed by atoms with Crippen molar-refractivity contribution in [3.63, 3.8) is 0 Å². The number of benzene rings is 4. The molecule has 6 rings (SSSR count). The number of rotatable bonds is 4. The minimum Gasteiger partial charge on any atom is -0.507 e. The molecule has 0 aliphatic heterocycles. The first-order valence-electron chi connectivity index (χ1n) is 11.4. The topological polar surface area (TPSA) is 76.1 Å². The van der Waals surface area contributed by atoms with E-state index in [1.807, 2.05) is 106 Å². The van der Waals surface area contributed by atoms with Gasteiger partial charge in [0, 0.05) is 56.0 Å². The maximum Gasteiger partial charge on any atom is 0.125 e. The molecular formula is C30H24N4O2Pt. The molecule has 0 saturated heterocycles. The summed E-state index contributed by atoms with van der Waals surface area (Å²) in [5.41, 5.74) is 5.10. The Labute approximate surface area is 229 Å². The number of imidazole rings is 2. The Morgan fingerprint density at radius 1 is 0.459 bits per heavy atom. The molecule has 0 aliphatic carbocycles. The molecule has 0 spiro atoms. The molecule has 7 heteroatoms. The molecule has 37 heavy (non-hydrogen) atoms. The quantitative estimate of drug-likeness (QED) is 0.226. The van der Waals surface area contributed by atoms with Crippen molar-refractivity contribution in [3.05, 3.63) is 134 Å². The van der Waals surface area contributed by atoms with E-state index in [-0.39, 0.29) is 32.6 Å². The molecule has 0 fully saturated rings. The SMILES string of the molecule is Oc1ccccc1-c1cn(-c2ccccc2)cn1.Oc1ccccc1-c1cn(-c2ccccc2)cn1.[Pt]. The van der Waals surface area contributed by atoms with Gasteiger partial charge in [-0.15, -0.1) is 0 Å². The van der Waals surface area contributed by atoms with Gasteiger partial charge in [-0.1, -0.05) is 60.7 Å². The summed E-state index contributed by atoms with van der Waals surface area (Å²) in [4.78, 5) is 8.65. The van der Waals surface area contributed by atoms with Crippen LogP contribution in [0.2, 0.25) is 0 Å². The van der Waals surface area contributed by atoms with Crippen LogP contribution >= 0.6 is 0 Å². The zero-order valence-corrected chi connectivity index (χ0v) is 22.0. The van der Waals surface area contributed by atoms with E-state index >= 15 is 0 Å². The van der Waals surface area contributed by atoms with Crippen LogP contribution in [0.4, 0.5) is 0 Å². The van der Waals surface area contributed by atoms with Gasteiger partial charge in [0.15, 0.2) is 0 Å². The van der Waals surface area contributed by atoms with Crippen LogP contribution in [-0.2, 0) is 21.1 Å². The van der Waals surface area contributed by atoms with Gasteiger partial charge in [-0.05, 0) is 48.5 Å². The Hall–Kier alpha value is -4.41. The third-order valence-corrected chi connectivity index (χ3v) is 5.63. The van der Waals surface area contributed by atoms with Crippen LogP contribution < -0.4 is 0 Å². The van der Waals surface area contributed by atoms with Gasteiger partial charge in [-0.3, -0.25) is 0 Å². The second-order valence-corrected chi connectivity index (χ2v) is 8.04. The minimum absolute atomic E-state index is 0. The van der Waals surface area contributed by atoms with Gasteiger partial charge in [0.05, 0.1) is 24.0 Å². The van der Waals surface area contributed by atoms with E-state index in [2.05, 4.69) is 9.97 Å². The summed E-state index contributed by atoms with van der Waals surface area (Å²) in [5, 5.41) is 19.6. The van der Waals surface area contributed by atoms with Gasteiger partial charge < -0.3 is 19.3 Å². The van der Waals surface area contributed by atoms with Crippen LogP contribution in [-0.4, -0.2) is 29.3 Å². The van der Waals surface area contributed by atoms with E-state index in [0.29, 0.717) is 0 Å². The van der Waals surface area contributed by atoms with Crippen LogP contribution in [0.1, 0.15) is 0 Å². The molecular weight excluding hydrogens is 643 g/mol. The molecule has 0 atom stereocenters. The van der Waals surface area contributed by atoms with Gasteiger partial charge in [-0.2, -0.15) is 0 Å². The molecule has 0 saturated carbocycles. The van der Waals surface area contributed by atoms with Crippen molar-refractivity contribution >= 4 is 0 Å². The summed E-state index contributed by atoms with van der Waals surface area (Å²) >= 11 is 0. The zero-order chi connectivity index (χ0) is 24.7. The average molecular weight is 668 g/mol. The number of phenolic OH excluding ortho intramolecular Hbond substituents is 2. The molecule has 4 aromatic carbocycles.